The summed E-state index contributed by atoms with van der Waals surface area (Å²) < 4.78 is 9.13. The molecule has 0 heterocycles. The molecule has 2 rings (SSSR count). The molecule has 3 atom stereocenters. The van der Waals surface area contributed by atoms with E-state index in [0.29, 0.717) is 6.42 Å². The van der Waals surface area contributed by atoms with Gasteiger partial charge in [-0.3, -0.25) is 14.4 Å². The first-order valence-electron chi connectivity index (χ1n) is 4.89. The Labute approximate surface area is 91.5 Å². The van der Waals surface area contributed by atoms with Gasteiger partial charge in [0.15, 0.2) is 0 Å². The molecule has 0 aromatic carbocycles. The number of carbonyl (C=O) groups excluding carboxylic acids is 2. The van der Waals surface area contributed by atoms with Gasteiger partial charge in [0.1, 0.15) is 0 Å². The van der Waals surface area contributed by atoms with Crippen molar-refractivity contribution in [1.29, 1.82) is 0 Å². The Morgan fingerprint density at radius 2 is 1.56 bits per heavy atom. The van der Waals surface area contributed by atoms with E-state index in [-0.39, 0.29) is 0 Å². The largest absolute Gasteiger partial charge is 0.481 e. The molecule has 2 aliphatic rings. The van der Waals surface area contributed by atoms with Gasteiger partial charge in [-0.15, -0.1) is 0 Å². The molecule has 0 aromatic heterocycles. The van der Waals surface area contributed by atoms with Crippen LogP contribution >= 0.6 is 0 Å². The second kappa shape index (κ2) is 3.20. The average molecular weight is 228 g/mol. The summed E-state index contributed by atoms with van der Waals surface area (Å²) in [5.41, 5.74) is -0.730. The van der Waals surface area contributed by atoms with Crippen molar-refractivity contribution < 1.29 is 29.0 Å². The van der Waals surface area contributed by atoms with Crippen molar-refractivity contribution in [2.45, 2.75) is 6.42 Å². The summed E-state index contributed by atoms with van der Waals surface area (Å²) >= 11 is 0. The second-order valence-electron chi connectivity index (χ2n) is 4.21. The lowest BCUT2D eigenvalue weighted by atomic mass is 10.2. The SMILES string of the molecule is COC(=O)C1C(C(=O)OC)C12CC2C(=O)O. The molecule has 88 valence electrons. The third-order valence-electron chi connectivity index (χ3n) is 3.64. The highest BCUT2D eigenvalue weighted by molar-refractivity contribution is 5.94. The number of aliphatic carboxylic acids is 1. The van der Waals surface area contributed by atoms with Crippen molar-refractivity contribution in [1.82, 2.24) is 0 Å². The molecular formula is C10H12O6. The molecule has 0 saturated heterocycles. The standard InChI is InChI=1S/C10H12O6/c1-15-8(13)5-6(9(14)16-2)10(5)3-4(10)7(11)12/h4-6H,3H2,1-2H3,(H,11,12). The molecule has 0 aliphatic heterocycles. The summed E-state index contributed by atoms with van der Waals surface area (Å²) in [6.45, 7) is 0. The van der Waals surface area contributed by atoms with Crippen LogP contribution in [-0.2, 0) is 23.9 Å². The molecule has 0 aromatic rings. The van der Waals surface area contributed by atoms with Crippen molar-refractivity contribution in [2.24, 2.45) is 23.2 Å². The van der Waals surface area contributed by atoms with E-state index in [1.807, 2.05) is 0 Å². The van der Waals surface area contributed by atoms with Gasteiger partial charge in [-0.05, 0) is 6.42 Å². The number of methoxy groups -OCH3 is 2. The molecule has 16 heavy (non-hydrogen) atoms. The van der Waals surface area contributed by atoms with E-state index in [0.717, 1.165) is 0 Å². The predicted molar refractivity (Wildman–Crippen MR) is 49.2 cm³/mol. The first kappa shape index (κ1) is 10.9. The number of carbonyl (C=O) groups is 3. The van der Waals surface area contributed by atoms with Crippen LogP contribution in [0.4, 0.5) is 0 Å². The Hall–Kier alpha value is -1.59. The first-order chi connectivity index (χ1) is 7.50. The van der Waals surface area contributed by atoms with Gasteiger partial charge in [-0.1, -0.05) is 0 Å². The van der Waals surface area contributed by atoms with Gasteiger partial charge in [0, 0.05) is 5.41 Å². The summed E-state index contributed by atoms with van der Waals surface area (Å²) in [5, 5.41) is 8.87. The lowest BCUT2D eigenvalue weighted by molar-refractivity contribution is -0.148. The second-order valence-corrected chi connectivity index (χ2v) is 4.21. The number of esters is 2. The van der Waals surface area contributed by atoms with Gasteiger partial charge >= 0.3 is 17.9 Å². The highest BCUT2D eigenvalue weighted by Crippen LogP contribution is 2.78. The highest BCUT2D eigenvalue weighted by Gasteiger charge is 2.85. The summed E-state index contributed by atoms with van der Waals surface area (Å²) in [7, 11) is 2.45. The summed E-state index contributed by atoms with van der Waals surface area (Å²) in [6, 6.07) is 0. The molecule has 0 bridgehead atoms. The maximum absolute atomic E-state index is 11.4. The minimum Gasteiger partial charge on any atom is -0.481 e. The lowest BCUT2D eigenvalue weighted by Crippen LogP contribution is -2.10. The Bertz CT molecular complexity index is 352. The molecule has 0 amide bonds. The van der Waals surface area contributed by atoms with Crippen LogP contribution < -0.4 is 0 Å². The van der Waals surface area contributed by atoms with E-state index in [1.165, 1.54) is 14.2 Å². The molecule has 0 radical (unpaired) electrons. The van der Waals surface area contributed by atoms with Gasteiger partial charge in [-0.25, -0.2) is 0 Å². The van der Waals surface area contributed by atoms with E-state index in [1.54, 1.807) is 0 Å². The molecule has 2 fully saturated rings. The minimum absolute atomic E-state index is 0.349. The Morgan fingerprint density at radius 3 is 1.81 bits per heavy atom. The lowest BCUT2D eigenvalue weighted by Gasteiger charge is -1.95. The fraction of sp³-hybridized carbons (Fsp3) is 0.700. The molecule has 2 saturated carbocycles. The maximum atomic E-state index is 11.4. The highest BCUT2D eigenvalue weighted by atomic mass is 16.5. The van der Waals surface area contributed by atoms with E-state index < -0.39 is 41.1 Å². The van der Waals surface area contributed by atoms with Gasteiger partial charge in [0.05, 0.1) is 32.0 Å². The van der Waals surface area contributed by atoms with E-state index in [9.17, 15) is 14.4 Å². The number of hydrogen-bond donors (Lipinski definition) is 1. The molecule has 1 N–H and O–H groups in total. The third-order valence-corrected chi connectivity index (χ3v) is 3.64. The smallest absolute Gasteiger partial charge is 0.310 e. The van der Waals surface area contributed by atoms with Gasteiger partial charge in [0.2, 0.25) is 0 Å². The zero-order valence-corrected chi connectivity index (χ0v) is 8.93. The fourth-order valence-electron chi connectivity index (χ4n) is 2.72. The van der Waals surface area contributed by atoms with Crippen LogP contribution in [0, 0.1) is 23.2 Å². The van der Waals surface area contributed by atoms with Gasteiger partial charge < -0.3 is 14.6 Å². The molecule has 3 unspecified atom stereocenters. The molecule has 6 heteroatoms. The fourth-order valence-corrected chi connectivity index (χ4v) is 2.72. The first-order valence-corrected chi connectivity index (χ1v) is 4.89. The van der Waals surface area contributed by atoms with Crippen LogP contribution in [0.25, 0.3) is 0 Å². The van der Waals surface area contributed by atoms with Crippen molar-refractivity contribution >= 4 is 17.9 Å². The van der Waals surface area contributed by atoms with Crippen LogP contribution in [0.2, 0.25) is 0 Å². The molecule has 6 nitrogen and oxygen atoms in total. The van der Waals surface area contributed by atoms with Crippen LogP contribution in [-0.4, -0.2) is 37.2 Å². The van der Waals surface area contributed by atoms with Crippen LogP contribution in [0.5, 0.6) is 0 Å². The third kappa shape index (κ3) is 1.15. The monoisotopic (exact) mass is 228 g/mol. The topological polar surface area (TPSA) is 89.9 Å². The van der Waals surface area contributed by atoms with E-state index >= 15 is 0 Å². The van der Waals surface area contributed by atoms with Gasteiger partial charge in [0.25, 0.3) is 0 Å². The van der Waals surface area contributed by atoms with Crippen LogP contribution in [0.3, 0.4) is 0 Å². The number of carboxylic acid groups (broad SMARTS) is 1. The Kier molecular flexibility index (Phi) is 2.18. The maximum Gasteiger partial charge on any atom is 0.310 e. The van der Waals surface area contributed by atoms with Gasteiger partial charge in [-0.2, -0.15) is 0 Å². The number of rotatable bonds is 3. The number of hydrogen-bond acceptors (Lipinski definition) is 5. The Balaban J connectivity index is 2.18. The Morgan fingerprint density at radius 1 is 1.12 bits per heavy atom. The minimum atomic E-state index is -0.972. The van der Waals surface area contributed by atoms with E-state index in [2.05, 4.69) is 9.47 Å². The summed E-state index contributed by atoms with van der Waals surface area (Å²) in [4.78, 5) is 33.6. The quantitative estimate of drug-likeness (QED) is 0.665. The molecular weight excluding hydrogens is 216 g/mol. The van der Waals surface area contributed by atoms with E-state index in [4.69, 9.17) is 5.11 Å². The predicted octanol–water partition coefficient (Wildman–Crippen LogP) is -0.331. The zero-order chi connectivity index (χ0) is 12.1. The normalized spacial score (nSPS) is 39.0. The van der Waals surface area contributed by atoms with Crippen molar-refractivity contribution in [3.63, 3.8) is 0 Å². The summed E-state index contributed by atoms with van der Waals surface area (Å²) in [5.74, 6) is -3.95. The number of carboxylic acids is 1. The van der Waals surface area contributed by atoms with Crippen molar-refractivity contribution in [3.05, 3.63) is 0 Å². The average Bonchev–Trinajstić information content (AvgIpc) is 3.14. The van der Waals surface area contributed by atoms with Crippen LogP contribution in [0.1, 0.15) is 6.42 Å². The van der Waals surface area contributed by atoms with Crippen molar-refractivity contribution in [2.75, 3.05) is 14.2 Å². The van der Waals surface area contributed by atoms with Crippen molar-refractivity contribution in [3.8, 4) is 0 Å². The molecule has 1 spiro atoms. The number of ether oxygens (including phenoxy) is 2. The van der Waals surface area contributed by atoms with Crippen LogP contribution in [0.15, 0.2) is 0 Å². The summed E-state index contributed by atoms with van der Waals surface area (Å²) in [6.07, 6.45) is 0.349. The molecule has 2 aliphatic carbocycles. The zero-order valence-electron chi connectivity index (χ0n) is 8.93.